The molecule has 1 aromatic heterocycles. The van der Waals surface area contributed by atoms with Crippen LogP contribution in [0.5, 0.6) is 0 Å². The van der Waals surface area contributed by atoms with Crippen LogP contribution in [0.1, 0.15) is 37.7 Å². The number of halogens is 3. The number of rotatable bonds is 5. The number of alkyl halides is 3. The number of benzene rings is 1. The van der Waals surface area contributed by atoms with Crippen molar-refractivity contribution in [1.29, 1.82) is 0 Å². The molecule has 1 amide bonds. The van der Waals surface area contributed by atoms with Crippen LogP contribution in [-0.4, -0.2) is 29.4 Å². The highest BCUT2D eigenvalue weighted by Crippen LogP contribution is 2.20. The predicted molar refractivity (Wildman–Crippen MR) is 88.5 cm³/mol. The van der Waals surface area contributed by atoms with Crippen LogP contribution < -0.4 is 5.32 Å². The third-order valence-corrected chi connectivity index (χ3v) is 3.61. The Kier molecular flexibility index (Phi) is 5.46. The molecular formula is C18H17F3N2O2. The molecule has 0 spiro atoms. The lowest BCUT2D eigenvalue weighted by atomic mass is 10.1. The summed E-state index contributed by atoms with van der Waals surface area (Å²) in [7, 11) is 0. The lowest BCUT2D eigenvalue weighted by molar-refractivity contribution is -0.123. The fourth-order valence-electron chi connectivity index (χ4n) is 2.41. The maximum Gasteiger partial charge on any atom is 0.405 e. The number of aromatic amines is 1. The lowest BCUT2D eigenvalue weighted by Crippen LogP contribution is -2.34. The average Bonchev–Trinajstić information content (AvgIpc) is 2.84. The average molecular weight is 350 g/mol. The highest BCUT2D eigenvalue weighted by molar-refractivity contribution is 6.07. The molecule has 0 fully saturated rings. The lowest BCUT2D eigenvalue weighted by Gasteiger charge is -2.08. The number of aromatic nitrogens is 1. The van der Waals surface area contributed by atoms with Gasteiger partial charge in [0.25, 0.3) is 5.91 Å². The minimum atomic E-state index is -4.47. The maximum atomic E-state index is 12.2. The second kappa shape index (κ2) is 7.38. The number of carbonyl (C=O) groups excluding carboxylic acids is 2. The van der Waals surface area contributed by atoms with Crippen LogP contribution in [0.2, 0.25) is 0 Å². The van der Waals surface area contributed by atoms with Crippen molar-refractivity contribution < 1.29 is 22.8 Å². The van der Waals surface area contributed by atoms with E-state index in [0.717, 1.165) is 0 Å². The van der Waals surface area contributed by atoms with E-state index in [1.165, 1.54) is 12.2 Å². The largest absolute Gasteiger partial charge is 0.405 e. The molecule has 7 heteroatoms. The Morgan fingerprint density at radius 1 is 1.16 bits per heavy atom. The van der Waals surface area contributed by atoms with Crippen molar-refractivity contribution in [2.75, 3.05) is 6.54 Å². The summed E-state index contributed by atoms with van der Waals surface area (Å²) in [6.07, 6.45) is -1.61. The summed E-state index contributed by atoms with van der Waals surface area (Å²) in [5.41, 5.74) is 2.08. The van der Waals surface area contributed by atoms with Gasteiger partial charge in [-0.25, -0.2) is 0 Å². The van der Waals surface area contributed by atoms with E-state index in [2.05, 4.69) is 4.98 Å². The molecule has 25 heavy (non-hydrogen) atoms. The molecule has 0 saturated carbocycles. The molecule has 0 saturated heterocycles. The smallest absolute Gasteiger partial charge is 0.358 e. The van der Waals surface area contributed by atoms with Gasteiger partial charge in [0.05, 0.1) is 5.56 Å². The van der Waals surface area contributed by atoms with Crippen molar-refractivity contribution in [3.05, 3.63) is 64.5 Å². The Hall–Kier alpha value is -2.83. The summed E-state index contributed by atoms with van der Waals surface area (Å²) < 4.78 is 36.7. The van der Waals surface area contributed by atoms with Crippen molar-refractivity contribution in [2.45, 2.75) is 20.0 Å². The van der Waals surface area contributed by atoms with Gasteiger partial charge in [0, 0.05) is 17.0 Å². The molecule has 0 aliphatic rings. The molecule has 2 N–H and O–H groups in total. The van der Waals surface area contributed by atoms with Gasteiger partial charge in [0.1, 0.15) is 6.54 Å². The van der Waals surface area contributed by atoms with Gasteiger partial charge in [-0.2, -0.15) is 13.2 Å². The van der Waals surface area contributed by atoms with Crippen molar-refractivity contribution in [3.63, 3.8) is 0 Å². The molecule has 0 unspecified atom stereocenters. The molecular weight excluding hydrogens is 333 g/mol. The van der Waals surface area contributed by atoms with E-state index in [0.29, 0.717) is 22.5 Å². The second-order valence-electron chi connectivity index (χ2n) is 5.53. The molecule has 2 aromatic rings. The quantitative estimate of drug-likeness (QED) is 0.636. The monoisotopic (exact) mass is 350 g/mol. The Bertz CT molecular complexity index is 806. The van der Waals surface area contributed by atoms with Crippen molar-refractivity contribution in [1.82, 2.24) is 10.3 Å². The first-order valence-electron chi connectivity index (χ1n) is 7.50. The molecule has 1 aromatic carbocycles. The first-order valence-corrected chi connectivity index (χ1v) is 7.50. The SMILES string of the molecule is Cc1[nH]c(/C=C/C(=O)c2ccccc2)c(C)c1C(=O)NCC(F)(F)F. The van der Waals surface area contributed by atoms with Crippen molar-refractivity contribution >= 4 is 17.8 Å². The Morgan fingerprint density at radius 2 is 1.80 bits per heavy atom. The Labute approximate surface area is 142 Å². The minimum absolute atomic E-state index is 0.149. The molecule has 0 atom stereocenters. The summed E-state index contributed by atoms with van der Waals surface area (Å²) in [4.78, 5) is 27.0. The third-order valence-electron chi connectivity index (χ3n) is 3.61. The first-order chi connectivity index (χ1) is 11.7. The number of ketones is 1. The van der Waals surface area contributed by atoms with Gasteiger partial charge < -0.3 is 10.3 Å². The maximum absolute atomic E-state index is 12.2. The van der Waals surface area contributed by atoms with Gasteiger partial charge in [0.15, 0.2) is 5.78 Å². The molecule has 4 nitrogen and oxygen atoms in total. The van der Waals surface area contributed by atoms with E-state index in [1.807, 2.05) is 5.32 Å². The molecule has 0 aliphatic carbocycles. The van der Waals surface area contributed by atoms with Crippen LogP contribution in [0.25, 0.3) is 6.08 Å². The molecule has 0 radical (unpaired) electrons. The van der Waals surface area contributed by atoms with E-state index < -0.39 is 18.6 Å². The normalized spacial score (nSPS) is 11.7. The summed E-state index contributed by atoms with van der Waals surface area (Å²) >= 11 is 0. The highest BCUT2D eigenvalue weighted by Gasteiger charge is 2.29. The number of amides is 1. The van der Waals surface area contributed by atoms with Gasteiger partial charge in [0.2, 0.25) is 0 Å². The fourth-order valence-corrected chi connectivity index (χ4v) is 2.41. The van der Waals surface area contributed by atoms with Gasteiger partial charge in [-0.15, -0.1) is 0 Å². The molecule has 2 rings (SSSR count). The van der Waals surface area contributed by atoms with Crippen LogP contribution in [0.4, 0.5) is 13.2 Å². The summed E-state index contributed by atoms with van der Waals surface area (Å²) in [5.74, 6) is -1.02. The van der Waals surface area contributed by atoms with Gasteiger partial charge in [-0.05, 0) is 31.6 Å². The molecule has 1 heterocycles. The van der Waals surface area contributed by atoms with Gasteiger partial charge in [-0.1, -0.05) is 30.3 Å². The van der Waals surface area contributed by atoms with Crippen molar-refractivity contribution in [2.24, 2.45) is 0 Å². The fraction of sp³-hybridized carbons (Fsp3) is 0.222. The van der Waals surface area contributed by atoms with Crippen LogP contribution in [0.3, 0.4) is 0 Å². The van der Waals surface area contributed by atoms with E-state index in [9.17, 15) is 22.8 Å². The third kappa shape index (κ3) is 4.82. The topological polar surface area (TPSA) is 62.0 Å². The zero-order valence-corrected chi connectivity index (χ0v) is 13.7. The van der Waals surface area contributed by atoms with Crippen LogP contribution in [0.15, 0.2) is 36.4 Å². The zero-order chi connectivity index (χ0) is 18.6. The first kappa shape index (κ1) is 18.5. The molecule has 132 valence electrons. The van der Waals surface area contributed by atoms with Crippen LogP contribution in [-0.2, 0) is 0 Å². The van der Waals surface area contributed by atoms with Crippen LogP contribution >= 0.6 is 0 Å². The summed E-state index contributed by atoms with van der Waals surface area (Å²) in [5, 5.41) is 1.85. The number of carbonyl (C=O) groups is 2. The van der Waals surface area contributed by atoms with E-state index >= 15 is 0 Å². The number of hydrogen-bond donors (Lipinski definition) is 2. The van der Waals surface area contributed by atoms with Crippen LogP contribution in [0, 0.1) is 13.8 Å². The standard InChI is InChI=1S/C18H17F3N2O2/c1-11-14(8-9-15(24)13-6-4-3-5-7-13)23-12(2)16(11)17(25)22-10-18(19,20)21/h3-9,23H,10H2,1-2H3,(H,22,25)/b9-8+. The van der Waals surface area contributed by atoms with Gasteiger partial charge >= 0.3 is 6.18 Å². The number of nitrogens with one attached hydrogen (secondary N) is 2. The number of hydrogen-bond acceptors (Lipinski definition) is 2. The predicted octanol–water partition coefficient (Wildman–Crippen LogP) is 3.82. The Morgan fingerprint density at radius 3 is 2.40 bits per heavy atom. The van der Waals surface area contributed by atoms with Gasteiger partial charge in [-0.3, -0.25) is 9.59 Å². The molecule has 0 bridgehead atoms. The highest BCUT2D eigenvalue weighted by atomic mass is 19.4. The Balaban J connectivity index is 2.17. The second-order valence-corrected chi connectivity index (χ2v) is 5.53. The summed E-state index contributed by atoms with van der Waals surface area (Å²) in [6.45, 7) is 1.80. The number of H-pyrrole nitrogens is 1. The van der Waals surface area contributed by atoms with E-state index in [-0.39, 0.29) is 11.3 Å². The van der Waals surface area contributed by atoms with E-state index in [4.69, 9.17) is 0 Å². The van der Waals surface area contributed by atoms with E-state index in [1.54, 1.807) is 44.2 Å². The van der Waals surface area contributed by atoms with Crippen molar-refractivity contribution in [3.8, 4) is 0 Å². The number of aryl methyl sites for hydroxylation is 1. The molecule has 0 aliphatic heterocycles. The summed E-state index contributed by atoms with van der Waals surface area (Å²) in [6, 6.07) is 8.64. The minimum Gasteiger partial charge on any atom is -0.358 e. The zero-order valence-electron chi connectivity index (χ0n) is 13.7. The number of allylic oxidation sites excluding steroid dienone is 1.